The van der Waals surface area contributed by atoms with E-state index in [2.05, 4.69) is 15.5 Å². The van der Waals surface area contributed by atoms with Crippen molar-refractivity contribution < 1.29 is 23.8 Å². The zero-order valence-corrected chi connectivity index (χ0v) is 22.2. The summed E-state index contributed by atoms with van der Waals surface area (Å²) in [6, 6.07) is 27.4. The van der Waals surface area contributed by atoms with Crippen LogP contribution in [0.2, 0.25) is 0 Å². The number of fused-ring (bicyclic) bond motifs is 1. The third kappa shape index (κ3) is 5.42. The van der Waals surface area contributed by atoms with E-state index in [9.17, 15) is 9.59 Å². The van der Waals surface area contributed by atoms with Crippen LogP contribution in [0.1, 0.15) is 32.0 Å². The van der Waals surface area contributed by atoms with E-state index in [0.717, 1.165) is 27.6 Å². The quantitative estimate of drug-likeness (QED) is 0.108. The number of para-hydroxylation sites is 1. The topological polar surface area (TPSA) is 102 Å². The Morgan fingerprint density at radius 2 is 1.57 bits per heavy atom. The predicted molar refractivity (Wildman–Crippen MR) is 154 cm³/mol. The number of hydrogen-bond donors (Lipinski definition) is 2. The minimum Gasteiger partial charge on any atom is -0.495 e. The third-order valence-electron chi connectivity index (χ3n) is 6.36. The fraction of sp³-hybridized carbons (Fsp3) is 0.0938. The summed E-state index contributed by atoms with van der Waals surface area (Å²) < 4.78 is 16.4. The van der Waals surface area contributed by atoms with Crippen molar-refractivity contribution in [3.05, 3.63) is 113 Å². The molecule has 0 bridgehead atoms. The van der Waals surface area contributed by atoms with Gasteiger partial charge in [-0.15, -0.1) is 0 Å². The number of carbonyl (C=O) groups excluding carboxylic acids is 2. The van der Waals surface area contributed by atoms with Crippen molar-refractivity contribution in [3.8, 4) is 28.4 Å². The molecule has 0 unspecified atom stereocenters. The van der Waals surface area contributed by atoms with Crippen LogP contribution in [0.4, 0.5) is 0 Å². The Morgan fingerprint density at radius 3 is 2.30 bits per heavy atom. The summed E-state index contributed by atoms with van der Waals surface area (Å²) in [6.45, 7) is 1.94. The zero-order chi connectivity index (χ0) is 28.1. The lowest BCUT2D eigenvalue weighted by Crippen LogP contribution is -2.18. The van der Waals surface area contributed by atoms with Crippen LogP contribution >= 0.6 is 0 Å². The Bertz CT molecular complexity index is 1710. The van der Waals surface area contributed by atoms with Crippen molar-refractivity contribution in [2.24, 2.45) is 5.10 Å². The number of hydrazone groups is 1. The van der Waals surface area contributed by atoms with E-state index in [1.165, 1.54) is 13.3 Å². The van der Waals surface area contributed by atoms with Crippen LogP contribution in [-0.2, 0) is 0 Å². The molecule has 8 heteroatoms. The van der Waals surface area contributed by atoms with Crippen molar-refractivity contribution in [2.75, 3.05) is 14.2 Å². The number of ether oxygens (including phenoxy) is 3. The number of aryl methyl sites for hydroxylation is 1. The standard InChI is InChI=1S/C32H27N3O5/c1-20-12-15-23(16-13-20)32(37)40-25-17-14-21(18-27(25)39-3)19-33-35-31(36)30-28(22-8-5-4-6-9-22)24-10-7-11-26(38-2)29(24)34-30/h4-19,34H,1-3H3,(H,35,36). The van der Waals surface area contributed by atoms with E-state index >= 15 is 0 Å². The largest absolute Gasteiger partial charge is 0.495 e. The monoisotopic (exact) mass is 533 g/mol. The number of aromatic nitrogens is 1. The molecule has 0 atom stereocenters. The number of nitrogens with zero attached hydrogens (tertiary/aromatic N) is 1. The first kappa shape index (κ1) is 26.2. The van der Waals surface area contributed by atoms with Crippen LogP contribution in [0.25, 0.3) is 22.0 Å². The number of amides is 1. The molecule has 200 valence electrons. The van der Waals surface area contributed by atoms with Crippen molar-refractivity contribution in [3.63, 3.8) is 0 Å². The first-order chi connectivity index (χ1) is 19.5. The van der Waals surface area contributed by atoms with E-state index in [4.69, 9.17) is 14.2 Å². The summed E-state index contributed by atoms with van der Waals surface area (Å²) in [5.74, 6) is 0.353. The highest BCUT2D eigenvalue weighted by molar-refractivity contribution is 6.11. The Labute approximate surface area is 231 Å². The summed E-state index contributed by atoms with van der Waals surface area (Å²) in [7, 11) is 3.07. The van der Waals surface area contributed by atoms with Gasteiger partial charge in [0.2, 0.25) is 0 Å². The Balaban J connectivity index is 1.36. The van der Waals surface area contributed by atoms with Gasteiger partial charge in [0, 0.05) is 10.9 Å². The number of benzene rings is 4. The molecule has 1 heterocycles. The van der Waals surface area contributed by atoms with Gasteiger partial charge in [-0.1, -0.05) is 60.2 Å². The van der Waals surface area contributed by atoms with Crippen LogP contribution in [0.15, 0.2) is 96.1 Å². The Kier molecular flexibility index (Phi) is 7.59. The molecule has 0 saturated carbocycles. The molecule has 1 amide bonds. The van der Waals surface area contributed by atoms with Crippen molar-refractivity contribution in [1.29, 1.82) is 0 Å². The number of esters is 1. The van der Waals surface area contributed by atoms with Crippen LogP contribution in [0, 0.1) is 6.92 Å². The Morgan fingerprint density at radius 1 is 0.825 bits per heavy atom. The molecule has 5 aromatic rings. The van der Waals surface area contributed by atoms with Crippen LogP contribution in [0.5, 0.6) is 17.2 Å². The van der Waals surface area contributed by atoms with Gasteiger partial charge in [0.05, 0.1) is 31.5 Å². The first-order valence-electron chi connectivity index (χ1n) is 12.5. The van der Waals surface area contributed by atoms with E-state index in [1.807, 2.05) is 67.6 Å². The number of nitrogens with one attached hydrogen (secondary N) is 2. The van der Waals surface area contributed by atoms with Gasteiger partial charge in [-0.25, -0.2) is 10.2 Å². The van der Waals surface area contributed by atoms with Crippen molar-refractivity contribution >= 4 is 29.0 Å². The fourth-order valence-corrected chi connectivity index (χ4v) is 4.35. The predicted octanol–water partition coefficient (Wildman–Crippen LogP) is 6.14. The minimum absolute atomic E-state index is 0.272. The SMILES string of the molecule is COc1cc(C=NNC(=O)c2[nH]c3c(OC)cccc3c2-c2ccccc2)ccc1OC(=O)c1ccc(C)cc1. The summed E-state index contributed by atoms with van der Waals surface area (Å²) in [5.41, 5.74) is 7.43. The molecular weight excluding hydrogens is 506 g/mol. The molecule has 0 aliphatic rings. The second-order valence-electron chi connectivity index (χ2n) is 8.99. The molecule has 8 nitrogen and oxygen atoms in total. The van der Waals surface area contributed by atoms with Gasteiger partial charge in [0.25, 0.3) is 5.91 Å². The van der Waals surface area contributed by atoms with Gasteiger partial charge in [-0.2, -0.15) is 5.10 Å². The maximum absolute atomic E-state index is 13.3. The molecule has 1 aromatic heterocycles. The third-order valence-corrected chi connectivity index (χ3v) is 6.36. The molecule has 0 aliphatic heterocycles. The maximum Gasteiger partial charge on any atom is 0.343 e. The number of aromatic amines is 1. The van der Waals surface area contributed by atoms with Gasteiger partial charge in [-0.3, -0.25) is 4.79 Å². The Hall–Kier alpha value is -5.37. The second kappa shape index (κ2) is 11.6. The molecule has 4 aromatic carbocycles. The highest BCUT2D eigenvalue weighted by atomic mass is 16.6. The molecule has 2 N–H and O–H groups in total. The fourth-order valence-electron chi connectivity index (χ4n) is 4.35. The van der Waals surface area contributed by atoms with Gasteiger partial charge >= 0.3 is 5.97 Å². The number of hydrogen-bond acceptors (Lipinski definition) is 6. The molecule has 0 aliphatic carbocycles. The van der Waals surface area contributed by atoms with Crippen molar-refractivity contribution in [1.82, 2.24) is 10.4 Å². The second-order valence-corrected chi connectivity index (χ2v) is 8.99. The lowest BCUT2D eigenvalue weighted by molar-refractivity contribution is 0.0729. The zero-order valence-electron chi connectivity index (χ0n) is 22.2. The lowest BCUT2D eigenvalue weighted by Gasteiger charge is -2.10. The van der Waals surface area contributed by atoms with Gasteiger partial charge in [0.1, 0.15) is 11.4 Å². The highest BCUT2D eigenvalue weighted by Crippen LogP contribution is 2.36. The highest BCUT2D eigenvalue weighted by Gasteiger charge is 2.21. The van der Waals surface area contributed by atoms with Crippen LogP contribution < -0.4 is 19.6 Å². The average Bonchev–Trinajstić information content (AvgIpc) is 3.38. The van der Waals surface area contributed by atoms with Gasteiger partial charge in [-0.05, 0) is 54.4 Å². The van der Waals surface area contributed by atoms with Crippen LogP contribution in [-0.4, -0.2) is 37.3 Å². The molecule has 0 saturated heterocycles. The van der Waals surface area contributed by atoms with E-state index in [-0.39, 0.29) is 5.75 Å². The minimum atomic E-state index is -0.490. The maximum atomic E-state index is 13.3. The average molecular weight is 534 g/mol. The smallest absolute Gasteiger partial charge is 0.343 e. The molecular formula is C32H27N3O5. The lowest BCUT2D eigenvalue weighted by atomic mass is 10.0. The number of carbonyl (C=O) groups is 2. The summed E-state index contributed by atoms with van der Waals surface area (Å²) in [4.78, 5) is 29.0. The van der Waals surface area contributed by atoms with Crippen LogP contribution in [0.3, 0.4) is 0 Å². The van der Waals surface area contributed by atoms with Gasteiger partial charge < -0.3 is 19.2 Å². The molecule has 5 rings (SSSR count). The summed E-state index contributed by atoms with van der Waals surface area (Å²) in [5, 5.41) is 5.01. The summed E-state index contributed by atoms with van der Waals surface area (Å²) in [6.07, 6.45) is 1.48. The van der Waals surface area contributed by atoms with Gasteiger partial charge in [0.15, 0.2) is 11.5 Å². The van der Waals surface area contributed by atoms with E-state index in [0.29, 0.717) is 28.3 Å². The van der Waals surface area contributed by atoms with Crippen molar-refractivity contribution in [2.45, 2.75) is 6.92 Å². The van der Waals surface area contributed by atoms with E-state index < -0.39 is 11.9 Å². The summed E-state index contributed by atoms with van der Waals surface area (Å²) >= 11 is 0. The molecule has 0 spiro atoms. The number of methoxy groups -OCH3 is 2. The normalized spacial score (nSPS) is 11.0. The molecule has 0 fully saturated rings. The number of rotatable bonds is 8. The molecule has 40 heavy (non-hydrogen) atoms. The number of H-pyrrole nitrogens is 1. The van der Waals surface area contributed by atoms with E-state index in [1.54, 1.807) is 37.4 Å². The molecule has 0 radical (unpaired) electrons. The first-order valence-corrected chi connectivity index (χ1v) is 12.5.